The highest BCUT2D eigenvalue weighted by atomic mass is 35.5. The van der Waals surface area contributed by atoms with E-state index in [2.05, 4.69) is 9.71 Å². The number of anilines is 1. The summed E-state index contributed by atoms with van der Waals surface area (Å²) in [5.41, 5.74) is 0.150. The van der Waals surface area contributed by atoms with Crippen molar-refractivity contribution in [2.45, 2.75) is 9.79 Å². The average Bonchev–Trinajstić information content (AvgIpc) is 2.13. The van der Waals surface area contributed by atoms with Gasteiger partial charge in [-0.05, 0) is 29.8 Å². The van der Waals surface area contributed by atoms with E-state index in [1.54, 1.807) is 0 Å². The fourth-order valence-electron chi connectivity index (χ4n) is 1.28. The number of amidine groups is 1. The molecule has 0 radical (unpaired) electrons. The van der Waals surface area contributed by atoms with Gasteiger partial charge in [0.25, 0.3) is 10.0 Å². The SMILES string of the molecule is NS(=O)(=O)c1ccc2c(c1)S(=O)(=O)N=C(Cl)N2. The standard InChI is InChI=1S/C7H6ClN3O4S2/c8-7-10-5-2-1-4(16(9,12)13)3-6(5)17(14,15)11-7/h1-3H,(H,10,11)(H2,9,12,13). The Morgan fingerprint density at radius 2 is 2.00 bits per heavy atom. The maximum atomic E-state index is 11.6. The van der Waals surface area contributed by atoms with Crippen molar-refractivity contribution in [3.05, 3.63) is 18.2 Å². The maximum absolute atomic E-state index is 11.6. The number of sulfonamides is 2. The highest BCUT2D eigenvalue weighted by Crippen LogP contribution is 2.29. The summed E-state index contributed by atoms with van der Waals surface area (Å²) in [5, 5.41) is 7.09. The van der Waals surface area contributed by atoms with E-state index in [0.717, 1.165) is 6.07 Å². The van der Waals surface area contributed by atoms with Gasteiger partial charge in [0.2, 0.25) is 15.3 Å². The number of nitrogens with zero attached hydrogens (tertiary/aromatic N) is 1. The molecule has 1 heterocycles. The first-order chi connectivity index (χ1) is 7.70. The van der Waals surface area contributed by atoms with Gasteiger partial charge in [0.1, 0.15) is 4.90 Å². The van der Waals surface area contributed by atoms with Gasteiger partial charge in [0, 0.05) is 0 Å². The smallest absolute Gasteiger partial charge is 0.287 e. The first kappa shape index (κ1) is 12.3. The van der Waals surface area contributed by atoms with E-state index in [-0.39, 0.29) is 20.8 Å². The number of nitrogens with two attached hydrogens (primary N) is 1. The molecular weight excluding hydrogens is 290 g/mol. The van der Waals surface area contributed by atoms with Gasteiger partial charge in [-0.2, -0.15) is 8.42 Å². The lowest BCUT2D eigenvalue weighted by Gasteiger charge is -2.14. The molecule has 1 aliphatic heterocycles. The van der Waals surface area contributed by atoms with Gasteiger partial charge >= 0.3 is 0 Å². The minimum absolute atomic E-state index is 0.150. The summed E-state index contributed by atoms with van der Waals surface area (Å²) in [6.45, 7) is 0. The van der Waals surface area contributed by atoms with E-state index >= 15 is 0 Å². The molecule has 1 aromatic rings. The van der Waals surface area contributed by atoms with Crippen molar-refractivity contribution in [2.75, 3.05) is 5.32 Å². The molecule has 0 saturated carbocycles. The van der Waals surface area contributed by atoms with Crippen LogP contribution < -0.4 is 10.5 Å². The van der Waals surface area contributed by atoms with Crippen molar-refractivity contribution in [3.63, 3.8) is 0 Å². The van der Waals surface area contributed by atoms with Crippen LogP contribution >= 0.6 is 11.6 Å². The summed E-state index contributed by atoms with van der Waals surface area (Å²) in [5.74, 6) is 0. The second kappa shape index (κ2) is 3.67. The molecule has 0 saturated heterocycles. The van der Waals surface area contributed by atoms with Gasteiger partial charge in [-0.1, -0.05) is 0 Å². The zero-order valence-electron chi connectivity index (χ0n) is 8.08. The minimum Gasteiger partial charge on any atom is -0.329 e. The number of hydrogen-bond donors (Lipinski definition) is 2. The van der Waals surface area contributed by atoms with E-state index in [9.17, 15) is 16.8 Å². The fourth-order valence-corrected chi connectivity index (χ4v) is 3.30. The van der Waals surface area contributed by atoms with Gasteiger partial charge in [0.15, 0.2) is 0 Å². The molecule has 0 amide bonds. The molecule has 0 bridgehead atoms. The third-order valence-corrected chi connectivity index (χ3v) is 4.50. The Morgan fingerprint density at radius 3 is 2.59 bits per heavy atom. The Labute approximate surface area is 102 Å². The average molecular weight is 296 g/mol. The molecule has 17 heavy (non-hydrogen) atoms. The molecule has 0 unspecified atom stereocenters. The maximum Gasteiger partial charge on any atom is 0.287 e. The van der Waals surface area contributed by atoms with Crippen LogP contribution in [0.2, 0.25) is 0 Å². The van der Waals surface area contributed by atoms with Crippen LogP contribution in [0.5, 0.6) is 0 Å². The fraction of sp³-hybridized carbons (Fsp3) is 0. The normalized spacial score (nSPS) is 17.9. The summed E-state index contributed by atoms with van der Waals surface area (Å²) < 4.78 is 48.6. The lowest BCUT2D eigenvalue weighted by molar-refractivity contribution is 0.596. The van der Waals surface area contributed by atoms with Gasteiger partial charge in [-0.15, -0.1) is 4.40 Å². The molecule has 2 rings (SSSR count). The van der Waals surface area contributed by atoms with Crippen LogP contribution in [-0.4, -0.2) is 22.1 Å². The molecule has 7 nitrogen and oxygen atoms in total. The zero-order valence-corrected chi connectivity index (χ0v) is 10.5. The predicted octanol–water partition coefficient (Wildman–Crippen LogP) is 0.0430. The second-order valence-electron chi connectivity index (χ2n) is 3.19. The molecule has 92 valence electrons. The van der Waals surface area contributed by atoms with Crippen molar-refractivity contribution < 1.29 is 16.8 Å². The third kappa shape index (κ3) is 2.27. The van der Waals surface area contributed by atoms with Gasteiger partial charge < -0.3 is 5.32 Å². The molecule has 1 aliphatic rings. The van der Waals surface area contributed by atoms with Crippen LogP contribution in [0.15, 0.2) is 32.4 Å². The molecule has 0 atom stereocenters. The van der Waals surface area contributed by atoms with Crippen LogP contribution in [0, 0.1) is 0 Å². The van der Waals surface area contributed by atoms with Crippen LogP contribution in [0.1, 0.15) is 0 Å². The topological polar surface area (TPSA) is 119 Å². The van der Waals surface area contributed by atoms with Crippen molar-refractivity contribution in [2.24, 2.45) is 9.54 Å². The molecule has 0 aromatic heterocycles. The molecule has 10 heteroatoms. The number of nitrogens with one attached hydrogen (secondary N) is 1. The van der Waals surface area contributed by atoms with E-state index in [4.69, 9.17) is 16.7 Å². The van der Waals surface area contributed by atoms with Gasteiger partial charge in [-0.25, -0.2) is 13.6 Å². The van der Waals surface area contributed by atoms with Crippen LogP contribution in [-0.2, 0) is 20.0 Å². The number of halogens is 1. The third-order valence-electron chi connectivity index (χ3n) is 2.00. The first-order valence-electron chi connectivity index (χ1n) is 4.14. The number of fused-ring (bicyclic) bond motifs is 1. The highest BCUT2D eigenvalue weighted by molar-refractivity contribution is 7.91. The summed E-state index contributed by atoms with van der Waals surface area (Å²) in [4.78, 5) is -0.594. The van der Waals surface area contributed by atoms with E-state index in [1.807, 2.05) is 0 Å². The van der Waals surface area contributed by atoms with E-state index in [0.29, 0.717) is 0 Å². The minimum atomic E-state index is -4.00. The summed E-state index contributed by atoms with van der Waals surface area (Å²) in [6, 6.07) is 3.36. The van der Waals surface area contributed by atoms with Gasteiger partial charge in [0.05, 0.1) is 10.6 Å². The van der Waals surface area contributed by atoms with Crippen molar-refractivity contribution in [1.29, 1.82) is 0 Å². The summed E-state index contributed by atoms with van der Waals surface area (Å²) in [6.07, 6.45) is 0. The molecule has 0 fully saturated rings. The van der Waals surface area contributed by atoms with E-state index in [1.165, 1.54) is 12.1 Å². The van der Waals surface area contributed by atoms with Crippen LogP contribution in [0.25, 0.3) is 0 Å². The number of rotatable bonds is 1. The second-order valence-corrected chi connectivity index (χ2v) is 6.68. The molecule has 0 spiro atoms. The van der Waals surface area contributed by atoms with E-state index < -0.39 is 20.0 Å². The largest absolute Gasteiger partial charge is 0.329 e. The number of primary sulfonamides is 1. The zero-order chi connectivity index (χ0) is 12.8. The predicted molar refractivity (Wildman–Crippen MR) is 61.9 cm³/mol. The summed E-state index contributed by atoms with van der Waals surface area (Å²) in [7, 11) is -7.97. The van der Waals surface area contributed by atoms with Crippen molar-refractivity contribution >= 4 is 42.6 Å². The van der Waals surface area contributed by atoms with Gasteiger partial charge in [-0.3, -0.25) is 0 Å². The molecule has 1 aromatic carbocycles. The molecular formula is C7H6ClN3O4S2. The monoisotopic (exact) mass is 295 g/mol. The Balaban J connectivity index is 2.73. The Morgan fingerprint density at radius 1 is 1.35 bits per heavy atom. The Bertz CT molecular complexity index is 723. The number of hydrogen-bond acceptors (Lipinski definition) is 5. The first-order valence-corrected chi connectivity index (χ1v) is 7.51. The Kier molecular flexibility index (Phi) is 2.65. The van der Waals surface area contributed by atoms with Crippen LogP contribution in [0.3, 0.4) is 0 Å². The molecule has 0 aliphatic carbocycles. The Hall–Kier alpha value is -1.16. The molecule has 3 N–H and O–H groups in total. The highest BCUT2D eigenvalue weighted by Gasteiger charge is 2.26. The lowest BCUT2D eigenvalue weighted by atomic mass is 10.3. The lowest BCUT2D eigenvalue weighted by Crippen LogP contribution is -2.19. The van der Waals surface area contributed by atoms with Crippen molar-refractivity contribution in [1.82, 2.24) is 0 Å². The quantitative estimate of drug-likeness (QED) is 0.709. The van der Waals surface area contributed by atoms with Crippen LogP contribution in [0.4, 0.5) is 5.69 Å². The van der Waals surface area contributed by atoms with Crippen molar-refractivity contribution in [3.8, 4) is 0 Å². The summed E-state index contributed by atoms with van der Waals surface area (Å²) >= 11 is 5.48. The number of benzene rings is 1.